The molecule has 4 heteroatoms. The van der Waals surface area contributed by atoms with Crippen molar-refractivity contribution >= 4 is 5.97 Å². The number of hydrogen-bond acceptors (Lipinski definition) is 3. The Morgan fingerprint density at radius 2 is 2.17 bits per heavy atom. The van der Waals surface area contributed by atoms with Crippen LogP contribution in [0.25, 0.3) is 0 Å². The van der Waals surface area contributed by atoms with Crippen molar-refractivity contribution in [3.8, 4) is 5.75 Å². The van der Waals surface area contributed by atoms with Gasteiger partial charge in [0.2, 0.25) is 0 Å². The lowest BCUT2D eigenvalue weighted by molar-refractivity contribution is -0.141. The summed E-state index contributed by atoms with van der Waals surface area (Å²) in [6.45, 7) is 3.16. The molecule has 1 aromatic rings. The van der Waals surface area contributed by atoms with Gasteiger partial charge in [-0.1, -0.05) is 18.2 Å². The molecule has 1 aliphatic rings. The normalized spacial score (nSPS) is 19.9. The highest BCUT2D eigenvalue weighted by atomic mass is 16.5. The van der Waals surface area contributed by atoms with Crippen LogP contribution >= 0.6 is 0 Å². The molecule has 1 atom stereocenters. The van der Waals surface area contributed by atoms with Crippen molar-refractivity contribution in [2.24, 2.45) is 5.92 Å². The summed E-state index contributed by atoms with van der Waals surface area (Å²) in [6.07, 6.45) is 1.70. The van der Waals surface area contributed by atoms with E-state index in [4.69, 9.17) is 9.84 Å². The average molecular weight is 249 g/mol. The number of carboxylic acid groups (broad SMARTS) is 1. The maximum atomic E-state index is 10.8. The van der Waals surface area contributed by atoms with Crippen molar-refractivity contribution in [2.75, 3.05) is 26.2 Å². The summed E-state index contributed by atoms with van der Waals surface area (Å²) in [6, 6.07) is 9.75. The van der Waals surface area contributed by atoms with Gasteiger partial charge in [0, 0.05) is 13.1 Å². The lowest BCUT2D eigenvalue weighted by Crippen LogP contribution is -2.25. The molecule has 1 aromatic carbocycles. The second-order valence-corrected chi connectivity index (χ2v) is 4.64. The fourth-order valence-electron chi connectivity index (χ4n) is 2.23. The third-order valence-electron chi connectivity index (χ3n) is 3.25. The summed E-state index contributed by atoms with van der Waals surface area (Å²) in [5.41, 5.74) is 0. The lowest BCUT2D eigenvalue weighted by atomic mass is 10.1. The van der Waals surface area contributed by atoms with Crippen molar-refractivity contribution in [1.29, 1.82) is 0 Å². The molecule has 0 aromatic heterocycles. The quantitative estimate of drug-likeness (QED) is 0.782. The minimum Gasteiger partial charge on any atom is -0.494 e. The van der Waals surface area contributed by atoms with Gasteiger partial charge in [-0.25, -0.2) is 0 Å². The van der Waals surface area contributed by atoms with Crippen molar-refractivity contribution in [2.45, 2.75) is 12.8 Å². The van der Waals surface area contributed by atoms with E-state index in [1.165, 1.54) is 0 Å². The average Bonchev–Trinajstić information content (AvgIpc) is 2.85. The van der Waals surface area contributed by atoms with Crippen LogP contribution in [0.5, 0.6) is 5.75 Å². The van der Waals surface area contributed by atoms with Crippen molar-refractivity contribution < 1.29 is 14.6 Å². The molecule has 0 unspecified atom stereocenters. The molecule has 0 spiro atoms. The second-order valence-electron chi connectivity index (χ2n) is 4.64. The second kappa shape index (κ2) is 6.40. The first-order chi connectivity index (χ1) is 8.75. The minimum absolute atomic E-state index is 0.181. The number of para-hydroxylation sites is 1. The Morgan fingerprint density at radius 3 is 2.83 bits per heavy atom. The van der Waals surface area contributed by atoms with Crippen LogP contribution in [-0.4, -0.2) is 42.2 Å². The minimum atomic E-state index is -0.668. The number of aliphatic carboxylic acids is 1. The van der Waals surface area contributed by atoms with Gasteiger partial charge in [0.05, 0.1) is 12.5 Å². The zero-order chi connectivity index (χ0) is 12.8. The fraction of sp³-hybridized carbons (Fsp3) is 0.500. The summed E-state index contributed by atoms with van der Waals surface area (Å²) in [4.78, 5) is 13.0. The first-order valence-corrected chi connectivity index (χ1v) is 6.39. The Kier molecular flexibility index (Phi) is 4.59. The number of ether oxygens (including phenoxy) is 1. The molecule has 0 bridgehead atoms. The lowest BCUT2D eigenvalue weighted by Gasteiger charge is -2.15. The van der Waals surface area contributed by atoms with Gasteiger partial charge in [-0.05, 0) is 31.5 Å². The smallest absolute Gasteiger partial charge is 0.307 e. The summed E-state index contributed by atoms with van der Waals surface area (Å²) in [5.74, 6) is 0.0420. The van der Waals surface area contributed by atoms with E-state index in [9.17, 15) is 4.79 Å². The van der Waals surface area contributed by atoms with E-state index in [0.29, 0.717) is 13.2 Å². The number of nitrogens with zero attached hydrogens (tertiary/aromatic N) is 1. The molecule has 0 radical (unpaired) electrons. The molecule has 1 aliphatic heterocycles. The number of carboxylic acids is 1. The first-order valence-electron chi connectivity index (χ1n) is 6.39. The highest BCUT2D eigenvalue weighted by Crippen LogP contribution is 2.16. The third-order valence-corrected chi connectivity index (χ3v) is 3.25. The predicted molar refractivity (Wildman–Crippen MR) is 68.7 cm³/mol. The van der Waals surface area contributed by atoms with Crippen LogP contribution in [0.1, 0.15) is 12.8 Å². The van der Waals surface area contributed by atoms with E-state index < -0.39 is 5.97 Å². The SMILES string of the molecule is O=C(O)[C@@H]1CCN(CCCOc2ccccc2)C1. The molecule has 1 heterocycles. The molecule has 4 nitrogen and oxygen atoms in total. The van der Waals surface area contributed by atoms with Crippen LogP contribution in [0.15, 0.2) is 30.3 Å². The van der Waals surface area contributed by atoms with Crippen molar-refractivity contribution in [3.05, 3.63) is 30.3 Å². The van der Waals surface area contributed by atoms with Gasteiger partial charge in [-0.3, -0.25) is 4.79 Å². The van der Waals surface area contributed by atoms with Crippen LogP contribution in [0.2, 0.25) is 0 Å². The Bertz CT molecular complexity index is 380. The summed E-state index contributed by atoms with van der Waals surface area (Å²) < 4.78 is 5.60. The number of rotatable bonds is 6. The maximum Gasteiger partial charge on any atom is 0.307 e. The zero-order valence-corrected chi connectivity index (χ0v) is 10.4. The Balaban J connectivity index is 1.61. The van der Waals surface area contributed by atoms with E-state index >= 15 is 0 Å². The summed E-state index contributed by atoms with van der Waals surface area (Å²) >= 11 is 0. The van der Waals surface area contributed by atoms with Gasteiger partial charge in [-0.15, -0.1) is 0 Å². The van der Waals surface area contributed by atoms with Crippen LogP contribution in [0.4, 0.5) is 0 Å². The highest BCUT2D eigenvalue weighted by Gasteiger charge is 2.27. The molecular formula is C14H19NO3. The van der Waals surface area contributed by atoms with E-state index in [1.807, 2.05) is 30.3 Å². The van der Waals surface area contributed by atoms with E-state index in [2.05, 4.69) is 4.90 Å². The van der Waals surface area contributed by atoms with Gasteiger partial charge < -0.3 is 14.7 Å². The molecule has 1 N–H and O–H groups in total. The number of benzene rings is 1. The van der Waals surface area contributed by atoms with E-state index in [0.717, 1.165) is 31.7 Å². The molecule has 1 fully saturated rings. The Hall–Kier alpha value is -1.55. The number of likely N-dealkylation sites (tertiary alicyclic amines) is 1. The van der Waals surface area contributed by atoms with E-state index in [1.54, 1.807) is 0 Å². The van der Waals surface area contributed by atoms with Gasteiger partial charge in [0.1, 0.15) is 5.75 Å². The monoisotopic (exact) mass is 249 g/mol. The topological polar surface area (TPSA) is 49.8 Å². The fourth-order valence-corrected chi connectivity index (χ4v) is 2.23. The molecule has 0 amide bonds. The van der Waals surface area contributed by atoms with Gasteiger partial charge >= 0.3 is 5.97 Å². The van der Waals surface area contributed by atoms with Gasteiger partial charge in [-0.2, -0.15) is 0 Å². The number of carbonyl (C=O) groups is 1. The van der Waals surface area contributed by atoms with Gasteiger partial charge in [0.15, 0.2) is 0 Å². The zero-order valence-electron chi connectivity index (χ0n) is 10.4. The Labute approximate surface area is 107 Å². The predicted octanol–water partition coefficient (Wildman–Crippen LogP) is 1.86. The van der Waals surface area contributed by atoms with Crippen LogP contribution in [0.3, 0.4) is 0 Å². The highest BCUT2D eigenvalue weighted by molar-refractivity contribution is 5.70. The largest absolute Gasteiger partial charge is 0.494 e. The molecule has 2 rings (SSSR count). The molecule has 0 aliphatic carbocycles. The van der Waals surface area contributed by atoms with Crippen LogP contribution in [0, 0.1) is 5.92 Å². The number of hydrogen-bond donors (Lipinski definition) is 1. The first kappa shape index (κ1) is 12.9. The summed E-state index contributed by atoms with van der Waals surface area (Å²) in [5, 5.41) is 8.90. The maximum absolute atomic E-state index is 10.8. The Morgan fingerprint density at radius 1 is 1.39 bits per heavy atom. The molecular weight excluding hydrogens is 230 g/mol. The molecule has 98 valence electrons. The standard InChI is InChI=1S/C14H19NO3/c16-14(17)12-7-9-15(11-12)8-4-10-18-13-5-2-1-3-6-13/h1-3,5-6,12H,4,7-11H2,(H,16,17)/t12-/m1/s1. The molecule has 0 saturated carbocycles. The van der Waals surface area contributed by atoms with E-state index in [-0.39, 0.29) is 5.92 Å². The third kappa shape index (κ3) is 3.74. The van der Waals surface area contributed by atoms with Crippen LogP contribution < -0.4 is 4.74 Å². The van der Waals surface area contributed by atoms with Crippen molar-refractivity contribution in [3.63, 3.8) is 0 Å². The van der Waals surface area contributed by atoms with Gasteiger partial charge in [0.25, 0.3) is 0 Å². The van der Waals surface area contributed by atoms with Crippen molar-refractivity contribution in [1.82, 2.24) is 4.90 Å². The summed E-state index contributed by atoms with van der Waals surface area (Å²) in [7, 11) is 0. The molecule has 18 heavy (non-hydrogen) atoms. The molecule has 1 saturated heterocycles. The van der Waals surface area contributed by atoms with Crippen LogP contribution in [-0.2, 0) is 4.79 Å².